The first-order valence-corrected chi connectivity index (χ1v) is 14.4. The molecule has 0 unspecified atom stereocenters. The largest absolute Gasteiger partial charge is 0.673 e. The molecule has 0 saturated heterocycles. The van der Waals surface area contributed by atoms with E-state index >= 15 is 0 Å². The average Bonchev–Trinajstić information content (AvgIpc) is 2.82. The van der Waals surface area contributed by atoms with Gasteiger partial charge >= 0.3 is 13.2 Å². The first-order valence-electron chi connectivity index (χ1n) is 14.4. The number of hydrogen-bond donors (Lipinski definition) is 1. The molecule has 0 amide bonds. The monoisotopic (exact) mass is 579 g/mol. The van der Waals surface area contributed by atoms with Gasteiger partial charge in [-0.1, -0.05) is 20.3 Å². The zero-order valence-electron chi connectivity index (χ0n) is 25.2. The normalized spacial score (nSPS) is 18.3. The van der Waals surface area contributed by atoms with Gasteiger partial charge in [0, 0.05) is 60.1 Å². The molecule has 10 heteroatoms. The van der Waals surface area contributed by atoms with Gasteiger partial charge in [0.05, 0.1) is 19.3 Å². The fourth-order valence-corrected chi connectivity index (χ4v) is 5.78. The number of allylic oxidation sites excluding steroid dienone is 4. The van der Waals surface area contributed by atoms with Crippen LogP contribution in [0.4, 0.5) is 17.3 Å². The van der Waals surface area contributed by atoms with Crippen LogP contribution in [0.5, 0.6) is 5.75 Å². The summed E-state index contributed by atoms with van der Waals surface area (Å²) in [5, 5.41) is 2.24. The van der Waals surface area contributed by atoms with E-state index in [4.69, 9.17) is 14.2 Å². The van der Waals surface area contributed by atoms with E-state index in [1.54, 1.807) is 0 Å². The van der Waals surface area contributed by atoms with Crippen LogP contribution in [0, 0.1) is 5.41 Å². The smallest absolute Gasteiger partial charge is 0.498 e. The molecule has 0 aromatic heterocycles. The Hall–Kier alpha value is -3.04. The predicted molar refractivity (Wildman–Crippen MR) is 153 cm³/mol. The molecule has 0 bridgehead atoms. The third-order valence-corrected chi connectivity index (χ3v) is 7.57. The molecule has 1 aliphatic carbocycles. The van der Waals surface area contributed by atoms with Gasteiger partial charge in [-0.3, -0.25) is 4.79 Å². The van der Waals surface area contributed by atoms with Crippen LogP contribution < -0.4 is 20.3 Å². The lowest BCUT2D eigenvalue weighted by molar-refractivity contribution is -0.571. The van der Waals surface area contributed by atoms with Gasteiger partial charge in [0.15, 0.2) is 5.54 Å². The van der Waals surface area contributed by atoms with Crippen molar-refractivity contribution in [3.8, 4) is 5.75 Å². The number of benzene rings is 1. The second-order valence-electron chi connectivity index (χ2n) is 11.8. The summed E-state index contributed by atoms with van der Waals surface area (Å²) in [5.41, 5.74) is 5.05. The Morgan fingerprint density at radius 3 is 2.34 bits per heavy atom. The maximum absolute atomic E-state index is 11.6. The van der Waals surface area contributed by atoms with E-state index in [-0.39, 0.29) is 16.9 Å². The number of ether oxygens (including phenoxy) is 3. The average molecular weight is 579 g/mol. The number of carbonyl (C=O) groups excluding carboxylic acids is 1. The molecule has 41 heavy (non-hydrogen) atoms. The Morgan fingerprint density at radius 1 is 1.02 bits per heavy atom. The number of fused-ring (bicyclic) bond motifs is 2. The summed E-state index contributed by atoms with van der Waals surface area (Å²) >= 11 is 0. The van der Waals surface area contributed by atoms with E-state index in [1.807, 2.05) is 13.8 Å². The molecule has 0 atom stereocenters. The summed E-state index contributed by atoms with van der Waals surface area (Å²) in [6.45, 7) is 16.3. The van der Waals surface area contributed by atoms with Crippen molar-refractivity contribution in [2.75, 3.05) is 13.2 Å². The number of unbranched alkanes of at least 4 members (excludes halogenated alkanes) is 2. The van der Waals surface area contributed by atoms with Crippen molar-refractivity contribution < 1.29 is 41.3 Å². The van der Waals surface area contributed by atoms with Crippen LogP contribution in [-0.2, 0) is 14.3 Å². The third kappa shape index (κ3) is 8.49. The van der Waals surface area contributed by atoms with Crippen molar-refractivity contribution in [2.45, 2.75) is 92.5 Å². The Bertz CT molecular complexity index is 1370. The highest BCUT2D eigenvalue weighted by atomic mass is 19.5. The molecule has 2 aliphatic heterocycles. The molecule has 2 heterocycles. The zero-order valence-corrected chi connectivity index (χ0v) is 25.2. The second-order valence-corrected chi connectivity index (χ2v) is 11.8. The highest BCUT2D eigenvalue weighted by Crippen LogP contribution is 2.43. The molecule has 3 aliphatic rings. The van der Waals surface area contributed by atoms with Gasteiger partial charge in [-0.25, -0.2) is 4.99 Å². The van der Waals surface area contributed by atoms with Crippen molar-refractivity contribution in [2.24, 2.45) is 5.41 Å². The van der Waals surface area contributed by atoms with Crippen molar-refractivity contribution in [1.29, 1.82) is 0 Å². The Balaban J connectivity index is 0.000000850. The number of hydrogen-bond acceptors (Lipinski definition) is 4. The molecule has 1 aromatic carbocycles. The topological polar surface area (TPSA) is 58.7 Å². The van der Waals surface area contributed by atoms with Gasteiger partial charge < -0.3 is 31.5 Å². The van der Waals surface area contributed by atoms with Gasteiger partial charge in [-0.15, -0.1) is 0 Å². The van der Waals surface area contributed by atoms with Gasteiger partial charge in [0.25, 0.3) is 0 Å². The number of rotatable bonds is 9. The van der Waals surface area contributed by atoms with Crippen molar-refractivity contribution >= 4 is 24.9 Å². The highest BCUT2D eigenvalue weighted by Gasteiger charge is 2.36. The molecule has 1 N–H and O–H groups in total. The lowest BCUT2D eigenvalue weighted by Gasteiger charge is -2.34. The Labute approximate surface area is 240 Å². The maximum Gasteiger partial charge on any atom is 0.673 e. The minimum Gasteiger partial charge on any atom is -0.498 e. The first-order chi connectivity index (χ1) is 19.1. The Morgan fingerprint density at radius 2 is 1.71 bits per heavy atom. The van der Waals surface area contributed by atoms with Gasteiger partial charge in [0.2, 0.25) is 5.36 Å². The number of esters is 1. The fraction of sp³-hybridized carbons (Fsp3) is 0.548. The molecule has 0 radical (unpaired) electrons. The molecular formula is C31H42BF4NO4. The summed E-state index contributed by atoms with van der Waals surface area (Å²) in [4.78, 5) is 15.4. The lowest BCUT2D eigenvalue weighted by Crippen LogP contribution is -2.90. The van der Waals surface area contributed by atoms with Crippen molar-refractivity contribution in [3.63, 3.8) is 0 Å². The molecule has 5 nitrogen and oxygen atoms in total. The molecular weight excluding hydrogens is 537 g/mol. The van der Waals surface area contributed by atoms with Crippen molar-refractivity contribution in [3.05, 3.63) is 57.0 Å². The number of nitrogens with one attached hydrogen (secondary N) is 1. The molecule has 1 aromatic rings. The van der Waals surface area contributed by atoms with Gasteiger partial charge in [0.1, 0.15) is 17.3 Å². The fourth-order valence-electron chi connectivity index (χ4n) is 5.78. The van der Waals surface area contributed by atoms with Crippen LogP contribution >= 0.6 is 0 Å². The summed E-state index contributed by atoms with van der Waals surface area (Å²) in [6, 6.07) is 4.44. The number of halogens is 4. The van der Waals surface area contributed by atoms with E-state index in [9.17, 15) is 22.1 Å². The van der Waals surface area contributed by atoms with Crippen LogP contribution in [0.15, 0.2) is 40.9 Å². The van der Waals surface area contributed by atoms with Crippen LogP contribution in [0.3, 0.4) is 0 Å². The van der Waals surface area contributed by atoms with Crippen LogP contribution in [0.25, 0.3) is 11.6 Å². The van der Waals surface area contributed by atoms with Crippen LogP contribution in [0.2, 0.25) is 0 Å². The molecule has 0 spiro atoms. The SMILES string of the molecule is CCOC(=O)CCCCCC1=C(C)c2cc3c(cc2=[NH+]C1(C)C)OC1=C(C=3)C(C)(C)CC(OCC)=C1.F[B-](F)(F)F. The van der Waals surface area contributed by atoms with Gasteiger partial charge in [-0.2, -0.15) is 0 Å². The standard InChI is InChI=1S/C31H41NO4.BF4/c1-8-34-22-17-28-25(30(4,5)19-22)16-21-15-23-20(3)24(13-11-10-12-14-29(33)35-9-2)31(6,7)32-26(23)18-27(21)36-28;2-1(3,4)5/h15-18H,8-14,19H2,1-7H3;/q;-1/p+1. The van der Waals surface area contributed by atoms with E-state index in [0.717, 1.165) is 59.9 Å². The van der Waals surface area contributed by atoms with E-state index in [1.165, 1.54) is 22.3 Å². The summed E-state index contributed by atoms with van der Waals surface area (Å²) in [7, 11) is -6.00. The van der Waals surface area contributed by atoms with Crippen LogP contribution in [-0.4, -0.2) is 32.0 Å². The van der Waals surface area contributed by atoms with Gasteiger partial charge in [-0.05, 0) is 57.7 Å². The van der Waals surface area contributed by atoms with E-state index in [2.05, 4.69) is 63.9 Å². The van der Waals surface area contributed by atoms with Crippen molar-refractivity contribution in [1.82, 2.24) is 0 Å². The minimum absolute atomic E-state index is 0.0536. The molecule has 4 rings (SSSR count). The van der Waals surface area contributed by atoms with E-state index in [0.29, 0.717) is 19.6 Å². The summed E-state index contributed by atoms with van der Waals surface area (Å²) in [5.74, 6) is 2.68. The predicted octanol–water partition coefficient (Wildman–Crippen LogP) is 5.54. The maximum atomic E-state index is 11.6. The molecule has 0 fully saturated rings. The quantitative estimate of drug-likeness (QED) is 0.181. The zero-order chi connectivity index (χ0) is 30.6. The van der Waals surface area contributed by atoms with Crippen LogP contribution in [0.1, 0.15) is 92.6 Å². The summed E-state index contributed by atoms with van der Waals surface area (Å²) < 4.78 is 56.4. The number of carbonyl (C=O) groups is 1. The van der Waals surface area contributed by atoms with E-state index < -0.39 is 7.25 Å². The minimum atomic E-state index is -6.00. The highest BCUT2D eigenvalue weighted by molar-refractivity contribution is 6.50. The molecule has 0 saturated carbocycles. The summed E-state index contributed by atoms with van der Waals surface area (Å²) in [6.07, 6.45) is 9.71. The molecule has 226 valence electrons. The second kappa shape index (κ2) is 12.9. The lowest BCUT2D eigenvalue weighted by atomic mass is 9.75. The Kier molecular flexibility index (Phi) is 10.2. The third-order valence-electron chi connectivity index (χ3n) is 7.57. The first kappa shape index (κ1) is 32.5.